The summed E-state index contributed by atoms with van der Waals surface area (Å²) in [5.41, 5.74) is -1.99. The number of carbonyl (C=O) groups is 2. The Morgan fingerprint density at radius 3 is 2.81 bits per heavy atom. The van der Waals surface area contributed by atoms with Crippen LogP contribution in [0.1, 0.15) is 45.7 Å². The van der Waals surface area contributed by atoms with Gasteiger partial charge in [0.25, 0.3) is 11.8 Å². The first-order chi connectivity index (χ1) is 14.8. The third-order valence-corrected chi connectivity index (χ3v) is 6.92. The maximum Gasteiger partial charge on any atom is 0.275 e. The average Bonchev–Trinajstić information content (AvgIpc) is 3.35. The molecule has 31 heavy (non-hydrogen) atoms. The van der Waals surface area contributed by atoms with Crippen LogP contribution in [0, 0.1) is 17.6 Å². The highest BCUT2D eigenvalue weighted by molar-refractivity contribution is 6.30. The van der Waals surface area contributed by atoms with Gasteiger partial charge in [-0.05, 0) is 37.3 Å². The Balaban J connectivity index is 1.45. The zero-order valence-electron chi connectivity index (χ0n) is 16.2. The first-order valence-electron chi connectivity index (χ1n) is 9.97. The largest absolute Gasteiger partial charge is 0.503 e. The molecule has 2 bridgehead atoms. The Bertz CT molecular complexity index is 1200. The van der Waals surface area contributed by atoms with Crippen LogP contribution in [0.4, 0.5) is 8.78 Å². The predicted octanol–water partition coefficient (Wildman–Crippen LogP) is 2.42. The van der Waals surface area contributed by atoms with Crippen LogP contribution in [0.25, 0.3) is 0 Å². The number of carbonyl (C=O) groups excluding carboxylic acids is 2. The van der Waals surface area contributed by atoms with Gasteiger partial charge in [0, 0.05) is 30.9 Å². The number of pyridine rings is 1. The fourth-order valence-electron chi connectivity index (χ4n) is 5.14. The van der Waals surface area contributed by atoms with Crippen molar-refractivity contribution in [1.29, 1.82) is 0 Å². The third-order valence-electron chi connectivity index (χ3n) is 6.63. The summed E-state index contributed by atoms with van der Waals surface area (Å²) in [4.78, 5) is 40.0. The minimum Gasteiger partial charge on any atom is -0.503 e. The molecule has 1 aromatic carbocycles. The van der Waals surface area contributed by atoms with E-state index in [4.69, 9.17) is 11.6 Å². The molecule has 10 heteroatoms. The lowest BCUT2D eigenvalue weighted by Crippen LogP contribution is -2.52. The number of halogens is 3. The van der Waals surface area contributed by atoms with Crippen LogP contribution in [0.5, 0.6) is 5.75 Å². The minimum absolute atomic E-state index is 0.0359. The lowest BCUT2D eigenvalue weighted by molar-refractivity contribution is 0.0482. The molecule has 3 heterocycles. The molecule has 2 amide bonds. The summed E-state index contributed by atoms with van der Waals surface area (Å²) in [6.45, 7) is -0.175. The molecule has 1 saturated heterocycles. The Kier molecular flexibility index (Phi) is 4.55. The summed E-state index contributed by atoms with van der Waals surface area (Å²) in [6.07, 6.45) is 4.07. The second kappa shape index (κ2) is 7.05. The van der Waals surface area contributed by atoms with Crippen molar-refractivity contribution in [2.24, 2.45) is 5.92 Å². The Morgan fingerprint density at radius 2 is 2.03 bits per heavy atom. The number of aromatic nitrogens is 1. The Hall–Kier alpha value is -2.94. The lowest BCUT2D eigenvalue weighted by atomic mass is 9.95. The van der Waals surface area contributed by atoms with E-state index >= 15 is 0 Å². The predicted molar refractivity (Wildman–Crippen MR) is 106 cm³/mol. The smallest absolute Gasteiger partial charge is 0.275 e. The maximum atomic E-state index is 14.1. The van der Waals surface area contributed by atoms with Gasteiger partial charge in [0.15, 0.2) is 11.4 Å². The number of rotatable bonds is 3. The second-order valence-corrected chi connectivity index (χ2v) is 8.64. The highest BCUT2D eigenvalue weighted by Gasteiger charge is 2.51. The molecule has 5 rings (SSSR count). The van der Waals surface area contributed by atoms with E-state index in [1.807, 2.05) is 0 Å². The number of hydrogen-bond acceptors (Lipinski definition) is 4. The van der Waals surface area contributed by atoms with Gasteiger partial charge in [-0.15, -0.1) is 0 Å². The SMILES string of the molecule is O=C(NCc1c(F)ccc(Cl)c1F)c1cn2c(c(O)c1=O)C(=O)N1[C@H]3CC[C@H](C3)[C@@H]1C2. The van der Waals surface area contributed by atoms with Crippen molar-refractivity contribution in [3.63, 3.8) is 0 Å². The molecule has 1 saturated carbocycles. The van der Waals surface area contributed by atoms with Crippen LogP contribution < -0.4 is 10.7 Å². The van der Waals surface area contributed by atoms with Crippen LogP contribution in [0.15, 0.2) is 23.1 Å². The first-order valence-corrected chi connectivity index (χ1v) is 10.3. The topological polar surface area (TPSA) is 91.6 Å². The molecule has 2 fully saturated rings. The number of hydrogen-bond donors (Lipinski definition) is 2. The standard InChI is InChI=1S/C21H18ClF2N3O4/c22-13-3-4-14(23)11(16(13)24)6-25-20(30)12-7-26-8-15-9-1-2-10(5-9)27(15)21(31)17(26)19(29)18(12)28/h3-4,7,9-10,15,29H,1-2,5-6,8H2,(H,25,30)/t9-,10+,15+/m1/s1. The van der Waals surface area contributed by atoms with Gasteiger partial charge < -0.3 is 19.9 Å². The Labute approximate surface area is 180 Å². The van der Waals surface area contributed by atoms with Crippen molar-refractivity contribution < 1.29 is 23.5 Å². The fraction of sp³-hybridized carbons (Fsp3) is 0.381. The summed E-state index contributed by atoms with van der Waals surface area (Å²) in [7, 11) is 0. The number of benzene rings is 1. The minimum atomic E-state index is -1.01. The molecule has 2 aromatic rings. The quantitative estimate of drug-likeness (QED) is 0.704. The third kappa shape index (κ3) is 2.94. The zero-order valence-corrected chi connectivity index (χ0v) is 17.0. The summed E-state index contributed by atoms with van der Waals surface area (Å²) in [5.74, 6) is -3.66. The van der Waals surface area contributed by atoms with E-state index in [1.54, 1.807) is 4.90 Å². The number of piperidine rings is 1. The molecular formula is C21H18ClF2N3O4. The van der Waals surface area contributed by atoms with Crippen molar-refractivity contribution in [2.75, 3.05) is 0 Å². The second-order valence-electron chi connectivity index (χ2n) is 8.23. The van der Waals surface area contributed by atoms with Gasteiger partial charge in [0.2, 0.25) is 5.43 Å². The van der Waals surface area contributed by atoms with Gasteiger partial charge in [-0.25, -0.2) is 8.78 Å². The summed E-state index contributed by atoms with van der Waals surface area (Å²) >= 11 is 5.65. The normalized spacial score (nSPS) is 23.6. The van der Waals surface area contributed by atoms with Crippen LogP contribution in [0.3, 0.4) is 0 Å². The van der Waals surface area contributed by atoms with Gasteiger partial charge in [0.05, 0.1) is 11.1 Å². The molecular weight excluding hydrogens is 432 g/mol. The average molecular weight is 450 g/mol. The van der Waals surface area contributed by atoms with E-state index in [0.717, 1.165) is 31.4 Å². The molecule has 162 valence electrons. The highest BCUT2D eigenvalue weighted by Crippen LogP contribution is 2.45. The van der Waals surface area contributed by atoms with Gasteiger partial charge in [-0.3, -0.25) is 14.4 Å². The highest BCUT2D eigenvalue weighted by atomic mass is 35.5. The zero-order chi connectivity index (χ0) is 22.0. The summed E-state index contributed by atoms with van der Waals surface area (Å²) < 4.78 is 29.4. The molecule has 2 aliphatic heterocycles. The van der Waals surface area contributed by atoms with E-state index in [2.05, 4.69) is 5.32 Å². The molecule has 0 radical (unpaired) electrons. The van der Waals surface area contributed by atoms with Crippen LogP contribution in [-0.4, -0.2) is 38.5 Å². The molecule has 3 aliphatic rings. The van der Waals surface area contributed by atoms with E-state index < -0.39 is 52.3 Å². The van der Waals surface area contributed by atoms with Crippen LogP contribution in [-0.2, 0) is 13.1 Å². The number of nitrogens with one attached hydrogen (secondary N) is 1. The molecule has 0 spiro atoms. The monoisotopic (exact) mass is 449 g/mol. The fourth-order valence-corrected chi connectivity index (χ4v) is 5.32. The van der Waals surface area contributed by atoms with Gasteiger partial charge in [-0.2, -0.15) is 0 Å². The number of aromatic hydroxyl groups is 1. The number of fused-ring (bicyclic) bond motifs is 6. The van der Waals surface area contributed by atoms with Crippen molar-refractivity contribution >= 4 is 23.4 Å². The first kappa shape index (κ1) is 20.0. The molecule has 0 unspecified atom stereocenters. The van der Waals surface area contributed by atoms with Crippen molar-refractivity contribution in [2.45, 2.75) is 44.4 Å². The molecule has 7 nitrogen and oxygen atoms in total. The van der Waals surface area contributed by atoms with Gasteiger partial charge >= 0.3 is 0 Å². The Morgan fingerprint density at radius 1 is 1.26 bits per heavy atom. The molecule has 2 N–H and O–H groups in total. The molecule has 3 atom stereocenters. The van der Waals surface area contributed by atoms with Gasteiger partial charge in [-0.1, -0.05) is 11.6 Å². The number of nitrogens with zero attached hydrogens (tertiary/aromatic N) is 2. The summed E-state index contributed by atoms with van der Waals surface area (Å²) in [6, 6.07) is 2.11. The van der Waals surface area contributed by atoms with E-state index in [1.165, 1.54) is 10.8 Å². The van der Waals surface area contributed by atoms with E-state index in [-0.39, 0.29) is 22.8 Å². The molecule has 1 aliphatic carbocycles. The number of amides is 2. The van der Waals surface area contributed by atoms with Crippen molar-refractivity contribution in [3.05, 3.63) is 62.0 Å². The lowest BCUT2D eigenvalue weighted by Gasteiger charge is -2.40. The van der Waals surface area contributed by atoms with Crippen molar-refractivity contribution in [3.8, 4) is 5.75 Å². The van der Waals surface area contributed by atoms with E-state index in [9.17, 15) is 28.3 Å². The van der Waals surface area contributed by atoms with Crippen LogP contribution in [0.2, 0.25) is 5.02 Å². The van der Waals surface area contributed by atoms with Crippen LogP contribution >= 0.6 is 11.6 Å². The summed E-state index contributed by atoms with van der Waals surface area (Å²) in [5, 5.41) is 12.4. The van der Waals surface area contributed by atoms with E-state index in [0.29, 0.717) is 12.5 Å². The van der Waals surface area contributed by atoms with Gasteiger partial charge in [0.1, 0.15) is 17.2 Å². The van der Waals surface area contributed by atoms with Crippen molar-refractivity contribution in [1.82, 2.24) is 14.8 Å². The maximum absolute atomic E-state index is 14.1. The molecule has 1 aromatic heterocycles.